The first-order valence-corrected chi connectivity index (χ1v) is 9.44. The number of piperazine rings is 1. The third kappa shape index (κ3) is 6.28. The molecule has 1 saturated heterocycles. The van der Waals surface area contributed by atoms with Gasteiger partial charge in [0.25, 0.3) is 5.91 Å². The summed E-state index contributed by atoms with van der Waals surface area (Å²) >= 11 is 1.20. The number of hydrogen-bond donors (Lipinski definition) is 2. The lowest BCUT2D eigenvalue weighted by atomic mass is 10.3. The largest absolute Gasteiger partial charge is 0.351 e. The number of amides is 2. The third-order valence-electron chi connectivity index (χ3n) is 4.06. The standard InChI is InChI=1S/C17H23F2N3O2S/c1-2-5-20-16(23)11-21-6-8-22(9-7-21)17(24)12-25-13-3-4-14(18)15(19)10-13/h3-4,10H,2,5-9,11-12H2,1H3,(H,20,23)/p+1. The van der Waals surface area contributed by atoms with E-state index in [1.165, 1.54) is 22.7 Å². The molecule has 5 nitrogen and oxygen atoms in total. The van der Waals surface area contributed by atoms with Gasteiger partial charge >= 0.3 is 0 Å². The van der Waals surface area contributed by atoms with Gasteiger partial charge in [-0.1, -0.05) is 6.92 Å². The Morgan fingerprint density at radius 3 is 2.60 bits per heavy atom. The second-order valence-corrected chi connectivity index (χ2v) is 7.07. The average molecular weight is 372 g/mol. The minimum absolute atomic E-state index is 0.0239. The summed E-state index contributed by atoms with van der Waals surface area (Å²) in [4.78, 5) is 27.4. The van der Waals surface area contributed by atoms with Crippen molar-refractivity contribution in [3.05, 3.63) is 29.8 Å². The van der Waals surface area contributed by atoms with Gasteiger partial charge in [0.2, 0.25) is 5.91 Å². The van der Waals surface area contributed by atoms with E-state index in [1.54, 1.807) is 4.90 Å². The lowest BCUT2D eigenvalue weighted by Gasteiger charge is -2.31. The first kappa shape index (κ1) is 19.7. The zero-order valence-electron chi connectivity index (χ0n) is 14.3. The SMILES string of the molecule is CCCNC(=O)C[NH+]1CCN(C(=O)CSc2ccc(F)c(F)c2)CC1. The molecule has 0 bridgehead atoms. The average Bonchev–Trinajstić information content (AvgIpc) is 2.61. The van der Waals surface area contributed by atoms with Crippen LogP contribution in [0.5, 0.6) is 0 Å². The van der Waals surface area contributed by atoms with Crippen molar-refractivity contribution in [1.29, 1.82) is 0 Å². The number of nitrogens with zero attached hydrogens (tertiary/aromatic N) is 1. The van der Waals surface area contributed by atoms with Crippen molar-refractivity contribution in [1.82, 2.24) is 10.2 Å². The number of carbonyl (C=O) groups is 2. The summed E-state index contributed by atoms with van der Waals surface area (Å²) in [5.74, 6) is -1.58. The van der Waals surface area contributed by atoms with Crippen molar-refractivity contribution < 1.29 is 23.3 Å². The summed E-state index contributed by atoms with van der Waals surface area (Å²) in [5, 5.41) is 2.86. The summed E-state index contributed by atoms with van der Waals surface area (Å²) in [6.07, 6.45) is 0.916. The van der Waals surface area contributed by atoms with Gasteiger partial charge in [-0.2, -0.15) is 0 Å². The summed E-state index contributed by atoms with van der Waals surface area (Å²) in [6, 6.07) is 3.63. The monoisotopic (exact) mass is 372 g/mol. The molecule has 0 atom stereocenters. The van der Waals surface area contributed by atoms with E-state index in [9.17, 15) is 18.4 Å². The molecule has 0 radical (unpaired) electrons. The molecule has 0 aliphatic carbocycles. The number of hydrogen-bond acceptors (Lipinski definition) is 3. The van der Waals surface area contributed by atoms with E-state index in [2.05, 4.69) is 5.32 Å². The minimum Gasteiger partial charge on any atom is -0.351 e. The van der Waals surface area contributed by atoms with Crippen LogP contribution in [0.4, 0.5) is 8.78 Å². The maximum Gasteiger partial charge on any atom is 0.275 e. The summed E-state index contributed by atoms with van der Waals surface area (Å²) < 4.78 is 26.1. The highest BCUT2D eigenvalue weighted by Gasteiger charge is 2.25. The summed E-state index contributed by atoms with van der Waals surface area (Å²) in [5.41, 5.74) is 0. The molecule has 2 amide bonds. The van der Waals surface area contributed by atoms with Gasteiger partial charge in [-0.05, 0) is 24.6 Å². The number of nitrogens with one attached hydrogen (secondary N) is 2. The van der Waals surface area contributed by atoms with Crippen LogP contribution in [0, 0.1) is 11.6 Å². The lowest BCUT2D eigenvalue weighted by Crippen LogP contribution is -3.15. The van der Waals surface area contributed by atoms with E-state index < -0.39 is 11.6 Å². The highest BCUT2D eigenvalue weighted by atomic mass is 32.2. The Hall–Kier alpha value is -1.67. The molecule has 0 saturated carbocycles. The summed E-state index contributed by atoms with van der Waals surface area (Å²) in [6.45, 7) is 5.82. The van der Waals surface area contributed by atoms with Crippen molar-refractivity contribution in [2.75, 3.05) is 45.0 Å². The number of halogens is 2. The van der Waals surface area contributed by atoms with Crippen molar-refractivity contribution >= 4 is 23.6 Å². The van der Waals surface area contributed by atoms with Crippen LogP contribution in [0.1, 0.15) is 13.3 Å². The summed E-state index contributed by atoms with van der Waals surface area (Å²) in [7, 11) is 0. The van der Waals surface area contributed by atoms with Crippen LogP contribution in [0.15, 0.2) is 23.1 Å². The van der Waals surface area contributed by atoms with E-state index in [0.717, 1.165) is 31.6 Å². The van der Waals surface area contributed by atoms with Crippen LogP contribution >= 0.6 is 11.8 Å². The van der Waals surface area contributed by atoms with Crippen LogP contribution in [0.2, 0.25) is 0 Å². The van der Waals surface area contributed by atoms with Crippen molar-refractivity contribution in [3.63, 3.8) is 0 Å². The minimum atomic E-state index is -0.906. The Balaban J connectivity index is 1.71. The molecule has 2 rings (SSSR count). The molecular weight excluding hydrogens is 348 g/mol. The van der Waals surface area contributed by atoms with Gasteiger partial charge in [0.1, 0.15) is 0 Å². The molecule has 25 heavy (non-hydrogen) atoms. The predicted molar refractivity (Wildman–Crippen MR) is 92.5 cm³/mol. The van der Waals surface area contributed by atoms with E-state index in [1.807, 2.05) is 6.92 Å². The lowest BCUT2D eigenvalue weighted by molar-refractivity contribution is -0.896. The smallest absolute Gasteiger partial charge is 0.275 e. The molecule has 0 unspecified atom stereocenters. The Labute approximate surface area is 150 Å². The number of benzene rings is 1. The highest BCUT2D eigenvalue weighted by Crippen LogP contribution is 2.20. The second-order valence-electron chi connectivity index (χ2n) is 6.02. The van der Waals surface area contributed by atoms with Crippen molar-refractivity contribution in [3.8, 4) is 0 Å². The second kappa shape index (κ2) is 9.72. The Bertz CT molecular complexity index is 608. The highest BCUT2D eigenvalue weighted by molar-refractivity contribution is 8.00. The maximum atomic E-state index is 13.2. The van der Waals surface area contributed by atoms with E-state index in [-0.39, 0.29) is 17.6 Å². The van der Waals surface area contributed by atoms with Crippen LogP contribution < -0.4 is 10.2 Å². The predicted octanol–water partition coefficient (Wildman–Crippen LogP) is 0.310. The molecule has 2 N–H and O–H groups in total. The Morgan fingerprint density at radius 2 is 1.96 bits per heavy atom. The first-order valence-electron chi connectivity index (χ1n) is 8.45. The molecule has 138 valence electrons. The molecule has 1 aliphatic rings. The number of carbonyl (C=O) groups excluding carboxylic acids is 2. The zero-order valence-corrected chi connectivity index (χ0v) is 15.1. The van der Waals surface area contributed by atoms with Gasteiger partial charge in [-0.15, -0.1) is 11.8 Å². The van der Waals surface area contributed by atoms with Crippen LogP contribution in [-0.4, -0.2) is 61.7 Å². The number of rotatable bonds is 7. The van der Waals surface area contributed by atoms with Crippen LogP contribution in [0.25, 0.3) is 0 Å². The van der Waals surface area contributed by atoms with Gasteiger partial charge in [-0.25, -0.2) is 8.78 Å². The molecule has 0 aromatic heterocycles. The number of quaternary nitrogens is 1. The first-order chi connectivity index (χ1) is 12.0. The van der Waals surface area contributed by atoms with E-state index >= 15 is 0 Å². The normalized spacial score (nSPS) is 15.2. The topological polar surface area (TPSA) is 53.9 Å². The van der Waals surface area contributed by atoms with Gasteiger partial charge in [0, 0.05) is 11.4 Å². The molecule has 1 aromatic rings. The molecule has 1 aliphatic heterocycles. The zero-order chi connectivity index (χ0) is 18.2. The Kier molecular flexibility index (Phi) is 7.64. The van der Waals surface area contributed by atoms with Gasteiger partial charge in [0.05, 0.1) is 31.9 Å². The molecular formula is C17H24F2N3O2S+. The Morgan fingerprint density at radius 1 is 1.24 bits per heavy atom. The quantitative estimate of drug-likeness (QED) is 0.678. The fourth-order valence-electron chi connectivity index (χ4n) is 2.61. The van der Waals surface area contributed by atoms with Crippen LogP contribution in [-0.2, 0) is 9.59 Å². The van der Waals surface area contributed by atoms with E-state index in [4.69, 9.17) is 0 Å². The third-order valence-corrected chi connectivity index (χ3v) is 5.04. The van der Waals surface area contributed by atoms with Gasteiger partial charge in [-0.3, -0.25) is 9.59 Å². The molecule has 1 fully saturated rings. The van der Waals surface area contributed by atoms with Crippen LogP contribution in [0.3, 0.4) is 0 Å². The molecule has 1 heterocycles. The molecule has 1 aromatic carbocycles. The maximum absolute atomic E-state index is 13.2. The number of thioether (sulfide) groups is 1. The van der Waals surface area contributed by atoms with Gasteiger partial charge < -0.3 is 15.1 Å². The molecule has 8 heteroatoms. The molecule has 0 spiro atoms. The van der Waals surface area contributed by atoms with E-state index in [0.29, 0.717) is 31.1 Å². The van der Waals surface area contributed by atoms with Crippen molar-refractivity contribution in [2.45, 2.75) is 18.2 Å². The van der Waals surface area contributed by atoms with Crippen molar-refractivity contribution in [2.24, 2.45) is 0 Å². The fraction of sp³-hybridized carbons (Fsp3) is 0.529. The van der Waals surface area contributed by atoms with Gasteiger partial charge in [0.15, 0.2) is 18.2 Å². The fourth-order valence-corrected chi connectivity index (χ4v) is 3.43.